The summed E-state index contributed by atoms with van der Waals surface area (Å²) in [5.74, 6) is -0.449. The lowest BCUT2D eigenvalue weighted by atomic mass is 10.1. The SMILES string of the molecule is O=C(Nc1ccc(OC2CCOCC2)cc1)c1cc(-c2ccc3n[nH]nc3n2)ccc1F. The van der Waals surface area contributed by atoms with Crippen molar-refractivity contribution in [3.05, 3.63) is 66.0 Å². The van der Waals surface area contributed by atoms with Gasteiger partial charge in [0.1, 0.15) is 23.2 Å². The molecule has 2 aromatic heterocycles. The van der Waals surface area contributed by atoms with Crippen LogP contribution in [0.4, 0.5) is 10.1 Å². The van der Waals surface area contributed by atoms with Gasteiger partial charge >= 0.3 is 0 Å². The zero-order valence-corrected chi connectivity index (χ0v) is 17.0. The lowest BCUT2D eigenvalue weighted by Crippen LogP contribution is -2.25. The largest absolute Gasteiger partial charge is 0.490 e. The van der Waals surface area contributed by atoms with Crippen molar-refractivity contribution in [1.29, 1.82) is 0 Å². The molecule has 9 heteroatoms. The first-order valence-corrected chi connectivity index (χ1v) is 10.3. The first-order chi connectivity index (χ1) is 15.7. The van der Waals surface area contributed by atoms with E-state index in [0.29, 0.717) is 41.3 Å². The molecule has 3 heterocycles. The van der Waals surface area contributed by atoms with Gasteiger partial charge in [-0.3, -0.25) is 4.79 Å². The second-order valence-corrected chi connectivity index (χ2v) is 7.47. The molecule has 8 nitrogen and oxygen atoms in total. The van der Waals surface area contributed by atoms with E-state index in [-0.39, 0.29) is 11.7 Å². The van der Waals surface area contributed by atoms with E-state index in [1.807, 2.05) is 0 Å². The van der Waals surface area contributed by atoms with E-state index < -0.39 is 11.7 Å². The minimum absolute atomic E-state index is 0.0768. The van der Waals surface area contributed by atoms with Gasteiger partial charge in [-0.1, -0.05) is 0 Å². The van der Waals surface area contributed by atoms with Crippen LogP contribution in [0.1, 0.15) is 23.2 Å². The van der Waals surface area contributed by atoms with Crippen molar-refractivity contribution < 1.29 is 18.7 Å². The van der Waals surface area contributed by atoms with E-state index in [9.17, 15) is 9.18 Å². The molecule has 0 atom stereocenters. The molecular formula is C23H20FN5O3. The summed E-state index contributed by atoms with van der Waals surface area (Å²) in [5.41, 5.74) is 2.70. The summed E-state index contributed by atoms with van der Waals surface area (Å²) in [6, 6.07) is 14.8. The third-order valence-corrected chi connectivity index (χ3v) is 5.27. The number of hydrogen-bond donors (Lipinski definition) is 2. The maximum absolute atomic E-state index is 14.4. The maximum atomic E-state index is 14.4. The number of nitrogens with one attached hydrogen (secondary N) is 2. The Balaban J connectivity index is 1.31. The molecule has 1 aliphatic heterocycles. The molecule has 162 valence electrons. The highest BCUT2D eigenvalue weighted by Gasteiger charge is 2.17. The molecule has 32 heavy (non-hydrogen) atoms. The fraction of sp³-hybridized carbons (Fsp3) is 0.217. The third kappa shape index (κ3) is 4.28. The number of aromatic nitrogens is 4. The molecule has 5 rings (SSSR count). The van der Waals surface area contributed by atoms with Crippen LogP contribution in [0.15, 0.2) is 54.6 Å². The van der Waals surface area contributed by atoms with Crippen LogP contribution in [-0.4, -0.2) is 45.6 Å². The van der Waals surface area contributed by atoms with Crippen LogP contribution in [0.25, 0.3) is 22.4 Å². The molecule has 1 amide bonds. The van der Waals surface area contributed by atoms with Gasteiger partial charge in [-0.25, -0.2) is 9.37 Å². The first kappa shape index (κ1) is 20.1. The molecule has 0 spiro atoms. The molecule has 1 saturated heterocycles. The van der Waals surface area contributed by atoms with Crippen molar-refractivity contribution >= 4 is 22.8 Å². The average molecular weight is 433 g/mol. The van der Waals surface area contributed by atoms with Crippen molar-refractivity contribution in [2.24, 2.45) is 0 Å². The second kappa shape index (κ2) is 8.72. The van der Waals surface area contributed by atoms with Crippen molar-refractivity contribution in [2.75, 3.05) is 18.5 Å². The number of hydrogen-bond acceptors (Lipinski definition) is 6. The Hall–Kier alpha value is -3.85. The zero-order chi connectivity index (χ0) is 21.9. The van der Waals surface area contributed by atoms with Crippen LogP contribution in [0.2, 0.25) is 0 Å². The highest BCUT2D eigenvalue weighted by molar-refractivity contribution is 6.05. The van der Waals surface area contributed by atoms with E-state index >= 15 is 0 Å². The number of pyridine rings is 1. The van der Waals surface area contributed by atoms with Gasteiger partial charge in [-0.15, -0.1) is 5.10 Å². The summed E-state index contributed by atoms with van der Waals surface area (Å²) in [6.45, 7) is 1.40. The fourth-order valence-electron chi connectivity index (χ4n) is 3.56. The minimum atomic E-state index is -0.617. The number of anilines is 1. The lowest BCUT2D eigenvalue weighted by molar-refractivity contribution is 0.0256. The maximum Gasteiger partial charge on any atom is 0.258 e. The Morgan fingerprint density at radius 3 is 2.69 bits per heavy atom. The molecule has 0 aliphatic carbocycles. The van der Waals surface area contributed by atoms with Crippen LogP contribution < -0.4 is 10.1 Å². The lowest BCUT2D eigenvalue weighted by Gasteiger charge is -2.23. The van der Waals surface area contributed by atoms with Gasteiger partial charge in [-0.2, -0.15) is 10.3 Å². The highest BCUT2D eigenvalue weighted by Crippen LogP contribution is 2.24. The van der Waals surface area contributed by atoms with Crippen molar-refractivity contribution in [3.8, 4) is 17.0 Å². The Labute approximate surface area is 182 Å². The van der Waals surface area contributed by atoms with E-state index in [1.54, 1.807) is 42.5 Å². The quantitative estimate of drug-likeness (QED) is 0.494. The topological polar surface area (TPSA) is 102 Å². The molecule has 2 N–H and O–H groups in total. The summed E-state index contributed by atoms with van der Waals surface area (Å²) in [4.78, 5) is 17.1. The Morgan fingerprint density at radius 1 is 1.06 bits per heavy atom. The number of halogens is 1. The molecule has 4 aromatic rings. The van der Waals surface area contributed by atoms with E-state index in [4.69, 9.17) is 9.47 Å². The smallest absolute Gasteiger partial charge is 0.258 e. The number of aromatic amines is 1. The number of benzene rings is 2. The Kier molecular flexibility index (Phi) is 5.47. The van der Waals surface area contributed by atoms with Crippen LogP contribution in [0, 0.1) is 5.82 Å². The normalized spacial score (nSPS) is 14.4. The molecule has 1 aliphatic rings. The van der Waals surface area contributed by atoms with Crippen LogP contribution in [0.5, 0.6) is 5.75 Å². The Morgan fingerprint density at radius 2 is 1.88 bits per heavy atom. The van der Waals surface area contributed by atoms with E-state index in [1.165, 1.54) is 12.1 Å². The molecular weight excluding hydrogens is 413 g/mol. The number of amides is 1. The predicted octanol–water partition coefficient (Wildman–Crippen LogP) is 3.97. The summed E-state index contributed by atoms with van der Waals surface area (Å²) in [5, 5.41) is 13.2. The monoisotopic (exact) mass is 433 g/mol. The van der Waals surface area contributed by atoms with Crippen molar-refractivity contribution in [3.63, 3.8) is 0 Å². The molecule has 2 aromatic carbocycles. The number of rotatable bonds is 5. The third-order valence-electron chi connectivity index (χ3n) is 5.27. The van der Waals surface area contributed by atoms with Gasteiger partial charge in [0.15, 0.2) is 0 Å². The molecule has 1 fully saturated rings. The molecule has 0 saturated carbocycles. The first-order valence-electron chi connectivity index (χ1n) is 10.3. The van der Waals surface area contributed by atoms with Gasteiger partial charge in [-0.05, 0) is 54.6 Å². The van der Waals surface area contributed by atoms with Gasteiger partial charge in [0.25, 0.3) is 5.91 Å². The summed E-state index contributed by atoms with van der Waals surface area (Å²) < 4.78 is 25.7. The summed E-state index contributed by atoms with van der Waals surface area (Å²) in [6.07, 6.45) is 1.84. The number of nitrogens with zero attached hydrogens (tertiary/aromatic N) is 3. The number of ether oxygens (including phenoxy) is 2. The Bertz CT molecular complexity index is 1250. The second-order valence-electron chi connectivity index (χ2n) is 7.47. The van der Waals surface area contributed by atoms with Gasteiger partial charge in [0.2, 0.25) is 5.65 Å². The minimum Gasteiger partial charge on any atom is -0.490 e. The average Bonchev–Trinajstić information content (AvgIpc) is 3.29. The number of H-pyrrole nitrogens is 1. The van der Waals surface area contributed by atoms with Gasteiger partial charge in [0, 0.05) is 24.1 Å². The highest BCUT2D eigenvalue weighted by atomic mass is 19.1. The van der Waals surface area contributed by atoms with Crippen molar-refractivity contribution in [2.45, 2.75) is 18.9 Å². The number of fused-ring (bicyclic) bond motifs is 1. The van der Waals surface area contributed by atoms with Crippen LogP contribution in [0.3, 0.4) is 0 Å². The van der Waals surface area contributed by atoms with E-state index in [2.05, 4.69) is 25.7 Å². The zero-order valence-electron chi connectivity index (χ0n) is 17.0. The van der Waals surface area contributed by atoms with Gasteiger partial charge < -0.3 is 14.8 Å². The van der Waals surface area contributed by atoms with Crippen LogP contribution >= 0.6 is 0 Å². The fourth-order valence-corrected chi connectivity index (χ4v) is 3.56. The van der Waals surface area contributed by atoms with Crippen molar-refractivity contribution in [1.82, 2.24) is 20.4 Å². The molecule has 0 bridgehead atoms. The molecule has 0 radical (unpaired) electrons. The standard InChI is InChI=1S/C23H20FN5O3/c24-19-6-1-14(20-7-8-21-22(26-20)28-29-27-21)13-18(19)23(30)25-15-2-4-16(5-3-15)32-17-9-11-31-12-10-17/h1-8,13,17H,9-12H2,(H,25,30)(H,26,27,28,29). The van der Waals surface area contributed by atoms with E-state index in [0.717, 1.165) is 18.6 Å². The molecule has 0 unspecified atom stereocenters. The number of carbonyl (C=O) groups excluding carboxylic acids is 1. The van der Waals surface area contributed by atoms with Crippen LogP contribution in [-0.2, 0) is 4.74 Å². The van der Waals surface area contributed by atoms with Gasteiger partial charge in [0.05, 0.1) is 24.5 Å². The summed E-state index contributed by atoms with van der Waals surface area (Å²) in [7, 11) is 0. The summed E-state index contributed by atoms with van der Waals surface area (Å²) >= 11 is 0. The predicted molar refractivity (Wildman–Crippen MR) is 116 cm³/mol. The number of carbonyl (C=O) groups is 1.